The maximum Gasteiger partial charge on any atom is 0.205 e. The van der Waals surface area contributed by atoms with E-state index in [9.17, 15) is 0 Å². The Hall–Kier alpha value is -0.770. The summed E-state index contributed by atoms with van der Waals surface area (Å²) in [6.45, 7) is 2.27. The minimum Gasteiger partial charge on any atom is -0.369 e. The summed E-state index contributed by atoms with van der Waals surface area (Å²) in [7, 11) is 1.71. The Kier molecular flexibility index (Phi) is 3.54. The summed E-state index contributed by atoms with van der Waals surface area (Å²) in [5.74, 6) is 6.69. The van der Waals surface area contributed by atoms with Crippen molar-refractivity contribution in [3.05, 3.63) is 0 Å². The molecule has 4 nitrogen and oxygen atoms in total. The summed E-state index contributed by atoms with van der Waals surface area (Å²) in [6, 6.07) is 0.384. The van der Waals surface area contributed by atoms with E-state index in [0.717, 1.165) is 18.8 Å². The molecule has 76 valence electrons. The van der Waals surface area contributed by atoms with Crippen LogP contribution in [-0.2, 0) is 0 Å². The molecule has 1 saturated carbocycles. The van der Waals surface area contributed by atoms with Crippen LogP contribution < -0.4 is 11.6 Å². The average Bonchev–Trinajstić information content (AvgIpc) is 2.04. The minimum absolute atomic E-state index is 0.384. The summed E-state index contributed by atoms with van der Waals surface area (Å²) in [5.41, 5.74) is 5.64. The van der Waals surface area contributed by atoms with Gasteiger partial charge in [0.25, 0.3) is 0 Å². The predicted molar refractivity (Wildman–Crippen MR) is 55.0 cm³/mol. The Bertz CT molecular complexity index is 188. The maximum atomic E-state index is 5.64. The minimum atomic E-state index is 0.384. The van der Waals surface area contributed by atoms with Crippen LogP contribution in [0.2, 0.25) is 0 Å². The second kappa shape index (κ2) is 4.46. The van der Waals surface area contributed by atoms with Crippen molar-refractivity contribution in [3.8, 4) is 0 Å². The number of rotatable bonds is 1. The molecule has 0 amide bonds. The van der Waals surface area contributed by atoms with Crippen molar-refractivity contribution in [2.75, 3.05) is 7.05 Å². The van der Waals surface area contributed by atoms with Crippen LogP contribution in [0.25, 0.3) is 0 Å². The molecule has 4 N–H and O–H groups in total. The van der Waals surface area contributed by atoms with Crippen molar-refractivity contribution < 1.29 is 0 Å². The molecule has 0 saturated heterocycles. The standard InChI is InChI=1S/C9H20N4/c1-7-4-3-5-8(6-7)12-9(10)13(2)11/h7-8H,3-6,11H2,1-2H3,(H2,10,12). The molecular formula is C9H20N4. The first-order valence-electron chi connectivity index (χ1n) is 4.91. The third kappa shape index (κ3) is 3.22. The van der Waals surface area contributed by atoms with Gasteiger partial charge in [-0.05, 0) is 18.8 Å². The Balaban J connectivity index is 2.47. The zero-order chi connectivity index (χ0) is 9.84. The monoisotopic (exact) mass is 184 g/mol. The molecular weight excluding hydrogens is 164 g/mol. The van der Waals surface area contributed by atoms with Crippen LogP contribution in [0.1, 0.15) is 32.6 Å². The van der Waals surface area contributed by atoms with Gasteiger partial charge in [-0.3, -0.25) is 5.01 Å². The van der Waals surface area contributed by atoms with E-state index in [1.165, 1.54) is 17.9 Å². The van der Waals surface area contributed by atoms with Gasteiger partial charge in [0.15, 0.2) is 0 Å². The zero-order valence-corrected chi connectivity index (χ0v) is 8.53. The summed E-state index contributed by atoms with van der Waals surface area (Å²) >= 11 is 0. The highest BCUT2D eigenvalue weighted by molar-refractivity contribution is 5.77. The van der Waals surface area contributed by atoms with Crippen LogP contribution in [0.5, 0.6) is 0 Å². The average molecular weight is 184 g/mol. The topological polar surface area (TPSA) is 67.6 Å². The Morgan fingerprint density at radius 3 is 2.69 bits per heavy atom. The number of hydrogen-bond donors (Lipinski definition) is 2. The fourth-order valence-electron chi connectivity index (χ4n) is 1.80. The smallest absolute Gasteiger partial charge is 0.205 e. The van der Waals surface area contributed by atoms with Gasteiger partial charge in [-0.25, -0.2) is 10.8 Å². The van der Waals surface area contributed by atoms with E-state index in [-0.39, 0.29) is 0 Å². The molecule has 2 atom stereocenters. The zero-order valence-electron chi connectivity index (χ0n) is 8.53. The predicted octanol–water partition coefficient (Wildman–Crippen LogP) is 0.685. The lowest BCUT2D eigenvalue weighted by Crippen LogP contribution is -2.40. The SMILES string of the molecule is CC1CCCC(N=C(N)N(C)N)C1. The van der Waals surface area contributed by atoms with Crippen LogP contribution in [0.15, 0.2) is 4.99 Å². The van der Waals surface area contributed by atoms with E-state index in [1.807, 2.05) is 0 Å². The Morgan fingerprint density at radius 2 is 2.15 bits per heavy atom. The van der Waals surface area contributed by atoms with E-state index in [4.69, 9.17) is 11.6 Å². The summed E-state index contributed by atoms with van der Waals surface area (Å²) in [6.07, 6.45) is 4.88. The highest BCUT2D eigenvalue weighted by Crippen LogP contribution is 2.25. The lowest BCUT2D eigenvalue weighted by Gasteiger charge is -2.24. The first-order valence-corrected chi connectivity index (χ1v) is 4.91. The molecule has 2 unspecified atom stereocenters. The van der Waals surface area contributed by atoms with Crippen molar-refractivity contribution in [1.29, 1.82) is 0 Å². The second-order valence-corrected chi connectivity index (χ2v) is 4.02. The maximum absolute atomic E-state index is 5.64. The highest BCUT2D eigenvalue weighted by atomic mass is 15.4. The normalized spacial score (nSPS) is 30.2. The Morgan fingerprint density at radius 1 is 1.46 bits per heavy atom. The van der Waals surface area contributed by atoms with Crippen molar-refractivity contribution in [3.63, 3.8) is 0 Å². The number of hydrazine groups is 1. The van der Waals surface area contributed by atoms with E-state index in [0.29, 0.717) is 12.0 Å². The molecule has 0 heterocycles. The van der Waals surface area contributed by atoms with E-state index >= 15 is 0 Å². The summed E-state index contributed by atoms with van der Waals surface area (Å²) in [5, 5.41) is 1.37. The Labute approximate surface area is 80.0 Å². The van der Waals surface area contributed by atoms with Crippen LogP contribution in [0, 0.1) is 5.92 Å². The van der Waals surface area contributed by atoms with Gasteiger partial charge in [-0.15, -0.1) is 0 Å². The van der Waals surface area contributed by atoms with Gasteiger partial charge in [-0.2, -0.15) is 0 Å². The second-order valence-electron chi connectivity index (χ2n) is 4.02. The van der Waals surface area contributed by atoms with Gasteiger partial charge >= 0.3 is 0 Å². The van der Waals surface area contributed by atoms with Gasteiger partial charge in [-0.1, -0.05) is 19.8 Å². The van der Waals surface area contributed by atoms with Gasteiger partial charge < -0.3 is 5.73 Å². The van der Waals surface area contributed by atoms with Crippen molar-refractivity contribution >= 4 is 5.96 Å². The fourth-order valence-corrected chi connectivity index (χ4v) is 1.80. The van der Waals surface area contributed by atoms with Crippen molar-refractivity contribution in [2.24, 2.45) is 22.5 Å². The lowest BCUT2D eigenvalue weighted by atomic mass is 9.87. The molecule has 0 aromatic carbocycles. The molecule has 1 rings (SSSR count). The number of nitrogens with zero attached hydrogens (tertiary/aromatic N) is 2. The number of nitrogens with two attached hydrogens (primary N) is 2. The molecule has 0 aromatic rings. The van der Waals surface area contributed by atoms with Gasteiger partial charge in [0.2, 0.25) is 5.96 Å². The number of guanidine groups is 1. The molecule has 1 aliphatic rings. The summed E-state index contributed by atoms with van der Waals surface area (Å²) < 4.78 is 0. The molecule has 4 heteroatoms. The van der Waals surface area contributed by atoms with Gasteiger partial charge in [0, 0.05) is 7.05 Å². The molecule has 0 bridgehead atoms. The molecule has 1 fully saturated rings. The molecule has 0 spiro atoms. The van der Waals surface area contributed by atoms with Crippen LogP contribution in [-0.4, -0.2) is 24.1 Å². The molecule has 13 heavy (non-hydrogen) atoms. The fraction of sp³-hybridized carbons (Fsp3) is 0.889. The van der Waals surface area contributed by atoms with Crippen LogP contribution in [0.3, 0.4) is 0 Å². The van der Waals surface area contributed by atoms with Crippen LogP contribution in [0.4, 0.5) is 0 Å². The highest BCUT2D eigenvalue weighted by Gasteiger charge is 2.18. The van der Waals surface area contributed by atoms with E-state index in [2.05, 4.69) is 11.9 Å². The molecule has 0 radical (unpaired) electrons. The largest absolute Gasteiger partial charge is 0.369 e. The first-order chi connectivity index (χ1) is 6.09. The van der Waals surface area contributed by atoms with Crippen molar-refractivity contribution in [2.45, 2.75) is 38.6 Å². The first kappa shape index (κ1) is 10.3. The third-order valence-electron chi connectivity index (χ3n) is 2.58. The van der Waals surface area contributed by atoms with E-state index in [1.54, 1.807) is 7.05 Å². The molecule has 1 aliphatic carbocycles. The molecule has 0 aromatic heterocycles. The molecule has 0 aliphatic heterocycles. The van der Waals surface area contributed by atoms with Gasteiger partial charge in [0.1, 0.15) is 0 Å². The van der Waals surface area contributed by atoms with Gasteiger partial charge in [0.05, 0.1) is 6.04 Å². The van der Waals surface area contributed by atoms with Crippen molar-refractivity contribution in [1.82, 2.24) is 5.01 Å². The number of hydrogen-bond acceptors (Lipinski definition) is 2. The quantitative estimate of drug-likeness (QED) is 0.272. The third-order valence-corrected chi connectivity index (χ3v) is 2.58. The van der Waals surface area contributed by atoms with E-state index < -0.39 is 0 Å². The van der Waals surface area contributed by atoms with Crippen LogP contribution >= 0.6 is 0 Å². The summed E-state index contributed by atoms with van der Waals surface area (Å²) in [4.78, 5) is 4.38. The lowest BCUT2D eigenvalue weighted by molar-refractivity contribution is 0.342. The number of aliphatic imine (C=N–C) groups is 1.